The van der Waals surface area contributed by atoms with Crippen molar-refractivity contribution in [1.29, 1.82) is 0 Å². The summed E-state index contributed by atoms with van der Waals surface area (Å²) in [4.78, 5) is 21.4. The number of ether oxygens (including phenoxy) is 1. The van der Waals surface area contributed by atoms with Gasteiger partial charge in [0, 0.05) is 5.88 Å². The number of hydrogen-bond acceptors (Lipinski definition) is 3. The molecule has 1 unspecified atom stereocenters. The molecular weight excluding hydrogens is 210 g/mol. The molecule has 82 valence electrons. The van der Waals surface area contributed by atoms with E-state index in [1.807, 2.05) is 0 Å². The first-order chi connectivity index (χ1) is 6.61. The summed E-state index contributed by atoms with van der Waals surface area (Å²) >= 11 is 5.44. The lowest BCUT2D eigenvalue weighted by atomic mass is 10.1. The van der Waals surface area contributed by atoms with Crippen molar-refractivity contribution < 1.29 is 19.4 Å². The fourth-order valence-corrected chi connectivity index (χ4v) is 1.09. The molecule has 1 atom stereocenters. The second-order valence-corrected chi connectivity index (χ2v) is 3.09. The minimum absolute atomic E-state index is 0.358. The number of hydrogen-bond donors (Lipinski definition) is 2. The van der Waals surface area contributed by atoms with E-state index in [-0.39, 0.29) is 0 Å². The molecule has 0 saturated carbocycles. The van der Waals surface area contributed by atoms with E-state index >= 15 is 0 Å². The Bertz CT molecular complexity index is 198. The van der Waals surface area contributed by atoms with Crippen LogP contribution in [0.1, 0.15) is 19.3 Å². The second-order valence-electron chi connectivity index (χ2n) is 2.71. The molecule has 5 nitrogen and oxygen atoms in total. The molecule has 0 aliphatic carbocycles. The van der Waals surface area contributed by atoms with Crippen LogP contribution in [0.25, 0.3) is 0 Å². The van der Waals surface area contributed by atoms with Gasteiger partial charge in [0.2, 0.25) is 0 Å². The van der Waals surface area contributed by atoms with Crippen LogP contribution < -0.4 is 5.32 Å². The summed E-state index contributed by atoms with van der Waals surface area (Å²) in [6.07, 6.45) is 1.01. The van der Waals surface area contributed by atoms with Gasteiger partial charge in [0.15, 0.2) is 0 Å². The number of amides is 1. The fourth-order valence-electron chi connectivity index (χ4n) is 0.902. The molecule has 0 fully saturated rings. The molecule has 0 radical (unpaired) electrons. The first-order valence-corrected chi connectivity index (χ1v) is 4.78. The van der Waals surface area contributed by atoms with E-state index in [1.165, 1.54) is 7.11 Å². The SMILES string of the molecule is COC(=O)NC(CCCCCl)C(=O)O. The summed E-state index contributed by atoms with van der Waals surface area (Å²) in [5.41, 5.74) is 0. The van der Waals surface area contributed by atoms with Crippen LogP contribution in [-0.4, -0.2) is 36.2 Å². The lowest BCUT2D eigenvalue weighted by Crippen LogP contribution is -2.40. The highest BCUT2D eigenvalue weighted by molar-refractivity contribution is 6.17. The number of rotatable bonds is 6. The number of halogens is 1. The Hall–Kier alpha value is -0.970. The number of carboxylic acids is 1. The van der Waals surface area contributed by atoms with Gasteiger partial charge in [0.1, 0.15) is 6.04 Å². The number of alkyl halides is 1. The smallest absolute Gasteiger partial charge is 0.407 e. The first kappa shape index (κ1) is 13.0. The molecule has 0 aliphatic rings. The zero-order valence-electron chi connectivity index (χ0n) is 7.96. The van der Waals surface area contributed by atoms with Crippen LogP contribution in [0.2, 0.25) is 0 Å². The highest BCUT2D eigenvalue weighted by Crippen LogP contribution is 2.02. The summed E-state index contributed by atoms with van der Waals surface area (Å²) in [6, 6.07) is -0.898. The van der Waals surface area contributed by atoms with E-state index < -0.39 is 18.1 Å². The predicted molar refractivity (Wildman–Crippen MR) is 51.5 cm³/mol. The quantitative estimate of drug-likeness (QED) is 0.524. The van der Waals surface area contributed by atoms with Gasteiger partial charge < -0.3 is 15.2 Å². The van der Waals surface area contributed by atoms with Crippen molar-refractivity contribution in [3.05, 3.63) is 0 Å². The normalized spacial score (nSPS) is 11.9. The van der Waals surface area contributed by atoms with Crippen molar-refractivity contribution in [2.24, 2.45) is 0 Å². The molecule has 14 heavy (non-hydrogen) atoms. The molecule has 0 spiro atoms. The Balaban J connectivity index is 3.90. The fraction of sp³-hybridized carbons (Fsp3) is 0.750. The Kier molecular flexibility index (Phi) is 6.92. The number of carbonyl (C=O) groups is 2. The maximum Gasteiger partial charge on any atom is 0.407 e. The van der Waals surface area contributed by atoms with Gasteiger partial charge in [-0.25, -0.2) is 9.59 Å². The summed E-state index contributed by atoms with van der Waals surface area (Å²) in [5, 5.41) is 10.9. The van der Waals surface area contributed by atoms with Gasteiger partial charge in [0.25, 0.3) is 0 Å². The number of methoxy groups -OCH3 is 1. The van der Waals surface area contributed by atoms with E-state index in [0.717, 1.165) is 6.42 Å². The molecule has 0 rings (SSSR count). The van der Waals surface area contributed by atoms with Crippen molar-refractivity contribution in [3.63, 3.8) is 0 Å². The molecule has 6 heteroatoms. The number of alkyl carbamates (subject to hydrolysis) is 1. The van der Waals surface area contributed by atoms with Crippen LogP contribution >= 0.6 is 11.6 Å². The lowest BCUT2D eigenvalue weighted by Gasteiger charge is -2.12. The van der Waals surface area contributed by atoms with Crippen molar-refractivity contribution in [1.82, 2.24) is 5.32 Å². The van der Waals surface area contributed by atoms with Gasteiger partial charge in [-0.2, -0.15) is 0 Å². The van der Waals surface area contributed by atoms with Crippen molar-refractivity contribution in [2.45, 2.75) is 25.3 Å². The summed E-state index contributed by atoms with van der Waals surface area (Å²) in [7, 11) is 1.19. The molecule has 0 aromatic carbocycles. The first-order valence-electron chi connectivity index (χ1n) is 4.25. The third-order valence-corrected chi connectivity index (χ3v) is 1.92. The zero-order valence-corrected chi connectivity index (χ0v) is 8.71. The molecule has 0 heterocycles. The maximum atomic E-state index is 10.7. The van der Waals surface area contributed by atoms with Crippen molar-refractivity contribution in [2.75, 3.05) is 13.0 Å². The van der Waals surface area contributed by atoms with Gasteiger partial charge in [-0.3, -0.25) is 0 Å². The third-order valence-electron chi connectivity index (χ3n) is 1.65. The molecule has 0 aromatic rings. The standard InChI is InChI=1S/C8H14ClNO4/c1-14-8(13)10-6(7(11)12)4-2-3-5-9/h6H,2-5H2,1H3,(H,10,13)(H,11,12). The molecule has 0 saturated heterocycles. The van der Waals surface area contributed by atoms with Crippen LogP contribution in [0.4, 0.5) is 4.79 Å². The molecule has 0 aromatic heterocycles. The van der Waals surface area contributed by atoms with Gasteiger partial charge in [0.05, 0.1) is 7.11 Å². The topological polar surface area (TPSA) is 75.6 Å². The molecule has 1 amide bonds. The average molecular weight is 224 g/mol. The largest absolute Gasteiger partial charge is 0.480 e. The molecular formula is C8H14ClNO4. The van der Waals surface area contributed by atoms with E-state index in [0.29, 0.717) is 18.7 Å². The number of aliphatic carboxylic acids is 1. The minimum Gasteiger partial charge on any atom is -0.480 e. The average Bonchev–Trinajstić information content (AvgIpc) is 2.16. The monoisotopic (exact) mass is 223 g/mol. The highest BCUT2D eigenvalue weighted by Gasteiger charge is 2.19. The number of carboxylic acid groups (broad SMARTS) is 1. The number of nitrogens with one attached hydrogen (secondary N) is 1. The van der Waals surface area contributed by atoms with E-state index in [4.69, 9.17) is 16.7 Å². The molecule has 0 aliphatic heterocycles. The maximum absolute atomic E-state index is 10.7. The Morgan fingerprint density at radius 2 is 2.14 bits per heavy atom. The van der Waals surface area contributed by atoms with Gasteiger partial charge in [-0.05, 0) is 19.3 Å². The van der Waals surface area contributed by atoms with E-state index in [2.05, 4.69) is 10.1 Å². The summed E-state index contributed by atoms with van der Waals surface area (Å²) in [6.45, 7) is 0. The number of carbonyl (C=O) groups excluding carboxylic acids is 1. The number of unbranched alkanes of at least 4 members (excludes halogenated alkanes) is 1. The van der Waals surface area contributed by atoms with Crippen LogP contribution in [0, 0.1) is 0 Å². The Labute approximate surface area is 87.4 Å². The van der Waals surface area contributed by atoms with Gasteiger partial charge in [-0.15, -0.1) is 11.6 Å². The minimum atomic E-state index is -1.06. The van der Waals surface area contributed by atoms with Crippen LogP contribution in [0.3, 0.4) is 0 Å². The summed E-state index contributed by atoms with van der Waals surface area (Å²) in [5.74, 6) is -0.574. The second kappa shape index (κ2) is 7.44. The van der Waals surface area contributed by atoms with Crippen LogP contribution in [0.5, 0.6) is 0 Å². The van der Waals surface area contributed by atoms with Gasteiger partial charge in [-0.1, -0.05) is 0 Å². The lowest BCUT2D eigenvalue weighted by molar-refractivity contribution is -0.139. The summed E-state index contributed by atoms with van der Waals surface area (Å²) < 4.78 is 4.30. The van der Waals surface area contributed by atoms with Crippen molar-refractivity contribution in [3.8, 4) is 0 Å². The van der Waals surface area contributed by atoms with Crippen LogP contribution in [-0.2, 0) is 9.53 Å². The van der Waals surface area contributed by atoms with E-state index in [9.17, 15) is 9.59 Å². The molecule has 2 N–H and O–H groups in total. The van der Waals surface area contributed by atoms with Gasteiger partial charge >= 0.3 is 12.1 Å². The Morgan fingerprint density at radius 1 is 1.50 bits per heavy atom. The predicted octanol–water partition coefficient (Wildman–Crippen LogP) is 1.20. The molecule has 0 bridgehead atoms. The third kappa shape index (κ3) is 5.64. The zero-order chi connectivity index (χ0) is 11.0. The van der Waals surface area contributed by atoms with Crippen LogP contribution in [0.15, 0.2) is 0 Å². The Morgan fingerprint density at radius 3 is 2.57 bits per heavy atom. The highest BCUT2D eigenvalue weighted by atomic mass is 35.5. The van der Waals surface area contributed by atoms with Crippen molar-refractivity contribution >= 4 is 23.7 Å². The van der Waals surface area contributed by atoms with E-state index in [1.54, 1.807) is 0 Å².